The highest BCUT2D eigenvalue weighted by Gasteiger charge is 1.99. The molecule has 1 aromatic rings. The molecule has 0 fully saturated rings. The standard InChI is InChI=1S/C15H23NO5S2/c1-18-15(17)5-7-19-8-9-20-10-11-21-12-13-22-23-14-4-2-3-6-16-14/h2-4,6H,5,7-13H2,1H3. The number of ether oxygens (including phenoxy) is 4. The van der Waals surface area contributed by atoms with Crippen LogP contribution in [0.1, 0.15) is 6.42 Å². The van der Waals surface area contributed by atoms with Crippen molar-refractivity contribution >= 4 is 27.6 Å². The number of esters is 1. The van der Waals surface area contributed by atoms with Crippen LogP contribution in [0.5, 0.6) is 0 Å². The van der Waals surface area contributed by atoms with E-state index in [9.17, 15) is 4.79 Å². The fourth-order valence-electron chi connectivity index (χ4n) is 1.39. The maximum atomic E-state index is 10.8. The van der Waals surface area contributed by atoms with Gasteiger partial charge in [-0.2, -0.15) is 0 Å². The second kappa shape index (κ2) is 14.8. The Balaban J connectivity index is 1.76. The lowest BCUT2D eigenvalue weighted by Crippen LogP contribution is -2.12. The van der Waals surface area contributed by atoms with Crippen molar-refractivity contribution in [2.24, 2.45) is 0 Å². The smallest absolute Gasteiger partial charge is 0.307 e. The van der Waals surface area contributed by atoms with E-state index in [0.717, 1.165) is 10.8 Å². The summed E-state index contributed by atoms with van der Waals surface area (Å²) >= 11 is 0. The van der Waals surface area contributed by atoms with Gasteiger partial charge in [0.15, 0.2) is 0 Å². The molecule has 0 radical (unpaired) electrons. The van der Waals surface area contributed by atoms with Gasteiger partial charge in [-0.3, -0.25) is 4.79 Å². The minimum atomic E-state index is -0.265. The van der Waals surface area contributed by atoms with E-state index < -0.39 is 0 Å². The van der Waals surface area contributed by atoms with Crippen molar-refractivity contribution in [1.29, 1.82) is 0 Å². The van der Waals surface area contributed by atoms with Crippen molar-refractivity contribution in [2.45, 2.75) is 11.4 Å². The van der Waals surface area contributed by atoms with Crippen LogP contribution in [0.3, 0.4) is 0 Å². The first-order valence-electron chi connectivity index (χ1n) is 7.33. The lowest BCUT2D eigenvalue weighted by atomic mass is 10.5. The molecule has 1 heterocycles. The SMILES string of the molecule is COC(=O)CCOCCOCCOCCSSc1ccccn1. The molecular formula is C15H23NO5S2. The summed E-state index contributed by atoms with van der Waals surface area (Å²) in [7, 11) is 4.73. The van der Waals surface area contributed by atoms with Crippen LogP contribution >= 0.6 is 21.6 Å². The van der Waals surface area contributed by atoms with Crippen LogP contribution in [0.2, 0.25) is 0 Å². The highest BCUT2D eigenvalue weighted by Crippen LogP contribution is 2.28. The summed E-state index contributed by atoms with van der Waals surface area (Å²) in [4.78, 5) is 15.0. The molecule has 0 spiro atoms. The van der Waals surface area contributed by atoms with Crippen molar-refractivity contribution < 1.29 is 23.7 Å². The number of hydrogen-bond donors (Lipinski definition) is 0. The molecular weight excluding hydrogens is 338 g/mol. The summed E-state index contributed by atoms with van der Waals surface area (Å²) in [5, 5.41) is 1.01. The van der Waals surface area contributed by atoms with Gasteiger partial charge in [-0.1, -0.05) is 16.9 Å². The van der Waals surface area contributed by atoms with Crippen LogP contribution in [-0.4, -0.2) is 63.5 Å². The molecule has 1 rings (SSSR count). The summed E-state index contributed by atoms with van der Waals surface area (Å²) in [5.41, 5.74) is 0. The Labute approximate surface area is 145 Å². The number of pyridine rings is 1. The zero-order chi connectivity index (χ0) is 16.6. The Morgan fingerprint density at radius 3 is 2.39 bits per heavy atom. The minimum Gasteiger partial charge on any atom is -0.469 e. The van der Waals surface area contributed by atoms with Gasteiger partial charge in [0.25, 0.3) is 0 Å². The number of nitrogens with zero attached hydrogens (tertiary/aromatic N) is 1. The van der Waals surface area contributed by atoms with Gasteiger partial charge in [0, 0.05) is 11.9 Å². The second-order valence-corrected chi connectivity index (χ2v) is 6.67. The molecule has 23 heavy (non-hydrogen) atoms. The van der Waals surface area contributed by atoms with Crippen LogP contribution in [0, 0.1) is 0 Å². The Kier molecular flexibility index (Phi) is 13.0. The number of carbonyl (C=O) groups excluding carboxylic acids is 1. The van der Waals surface area contributed by atoms with Crippen LogP contribution < -0.4 is 0 Å². The van der Waals surface area contributed by atoms with Crippen molar-refractivity contribution in [2.75, 3.05) is 52.5 Å². The summed E-state index contributed by atoms with van der Waals surface area (Å²) in [5.74, 6) is 0.635. The third-order valence-electron chi connectivity index (χ3n) is 2.52. The fraction of sp³-hybridized carbons (Fsp3) is 0.600. The van der Waals surface area contributed by atoms with Crippen LogP contribution in [-0.2, 0) is 23.7 Å². The van der Waals surface area contributed by atoms with E-state index in [1.165, 1.54) is 7.11 Å². The predicted molar refractivity (Wildman–Crippen MR) is 91.6 cm³/mol. The topological polar surface area (TPSA) is 66.9 Å². The van der Waals surface area contributed by atoms with E-state index >= 15 is 0 Å². The van der Waals surface area contributed by atoms with E-state index in [1.807, 2.05) is 18.2 Å². The molecule has 0 bridgehead atoms. The van der Waals surface area contributed by atoms with Crippen molar-refractivity contribution in [3.63, 3.8) is 0 Å². The summed E-state index contributed by atoms with van der Waals surface area (Å²) in [6.45, 7) is 3.11. The Hall–Kier alpha value is -0.800. The molecule has 6 nitrogen and oxygen atoms in total. The highest BCUT2D eigenvalue weighted by atomic mass is 33.1. The molecule has 0 aliphatic heterocycles. The maximum absolute atomic E-state index is 10.8. The normalized spacial score (nSPS) is 10.7. The lowest BCUT2D eigenvalue weighted by molar-refractivity contribution is -0.141. The zero-order valence-electron chi connectivity index (χ0n) is 13.3. The van der Waals surface area contributed by atoms with E-state index in [4.69, 9.17) is 14.2 Å². The van der Waals surface area contributed by atoms with Gasteiger partial charge in [0.05, 0.1) is 53.2 Å². The van der Waals surface area contributed by atoms with E-state index in [2.05, 4.69) is 9.72 Å². The average Bonchev–Trinajstić information content (AvgIpc) is 2.59. The summed E-state index contributed by atoms with van der Waals surface area (Å²) in [6.07, 6.45) is 2.06. The number of rotatable bonds is 14. The van der Waals surface area contributed by atoms with Gasteiger partial charge in [-0.25, -0.2) is 4.98 Å². The van der Waals surface area contributed by atoms with Crippen LogP contribution in [0.4, 0.5) is 0 Å². The van der Waals surface area contributed by atoms with Crippen LogP contribution in [0.15, 0.2) is 29.4 Å². The number of hydrogen-bond acceptors (Lipinski definition) is 8. The monoisotopic (exact) mass is 361 g/mol. The molecule has 130 valence electrons. The largest absolute Gasteiger partial charge is 0.469 e. The molecule has 0 amide bonds. The number of methoxy groups -OCH3 is 1. The first-order chi connectivity index (χ1) is 11.3. The molecule has 0 atom stereocenters. The quantitative estimate of drug-likeness (QED) is 0.284. The van der Waals surface area contributed by atoms with Gasteiger partial charge in [-0.15, -0.1) is 0 Å². The lowest BCUT2D eigenvalue weighted by Gasteiger charge is -2.06. The molecule has 8 heteroatoms. The first kappa shape index (κ1) is 20.2. The van der Waals surface area contributed by atoms with E-state index in [-0.39, 0.29) is 12.4 Å². The first-order valence-corrected chi connectivity index (χ1v) is 9.65. The molecule has 1 aromatic heterocycles. The second-order valence-electron chi connectivity index (χ2n) is 4.24. The molecule has 0 aliphatic carbocycles. The summed E-state index contributed by atoms with van der Waals surface area (Å²) < 4.78 is 20.5. The van der Waals surface area contributed by atoms with E-state index in [0.29, 0.717) is 39.6 Å². The maximum Gasteiger partial charge on any atom is 0.307 e. The van der Waals surface area contributed by atoms with Gasteiger partial charge < -0.3 is 18.9 Å². The third kappa shape index (κ3) is 12.3. The average molecular weight is 361 g/mol. The third-order valence-corrected chi connectivity index (χ3v) is 4.74. The van der Waals surface area contributed by atoms with E-state index in [1.54, 1.807) is 27.8 Å². The molecule has 0 saturated heterocycles. The van der Waals surface area contributed by atoms with Crippen molar-refractivity contribution in [3.8, 4) is 0 Å². The highest BCUT2D eigenvalue weighted by molar-refractivity contribution is 8.76. The van der Waals surface area contributed by atoms with Gasteiger partial charge in [-0.05, 0) is 22.9 Å². The summed E-state index contributed by atoms with van der Waals surface area (Å²) in [6, 6.07) is 5.87. The number of aromatic nitrogens is 1. The van der Waals surface area contributed by atoms with Gasteiger partial charge >= 0.3 is 5.97 Å². The molecule has 0 aromatic carbocycles. The van der Waals surface area contributed by atoms with Gasteiger partial charge in [0.1, 0.15) is 5.03 Å². The minimum absolute atomic E-state index is 0.265. The number of carbonyl (C=O) groups is 1. The zero-order valence-corrected chi connectivity index (χ0v) is 14.9. The molecule has 0 unspecified atom stereocenters. The molecule has 0 N–H and O–H groups in total. The Morgan fingerprint density at radius 1 is 1.04 bits per heavy atom. The molecule has 0 saturated carbocycles. The Bertz CT molecular complexity index is 408. The fourth-order valence-corrected chi connectivity index (χ4v) is 3.13. The van der Waals surface area contributed by atoms with Crippen LogP contribution in [0.25, 0.3) is 0 Å². The Morgan fingerprint density at radius 2 is 1.74 bits per heavy atom. The molecule has 0 aliphatic rings. The van der Waals surface area contributed by atoms with Gasteiger partial charge in [0.2, 0.25) is 0 Å². The van der Waals surface area contributed by atoms with Crippen molar-refractivity contribution in [1.82, 2.24) is 4.98 Å². The predicted octanol–water partition coefficient (Wildman–Crippen LogP) is 2.43. The van der Waals surface area contributed by atoms with Crippen molar-refractivity contribution in [3.05, 3.63) is 24.4 Å².